The maximum absolute atomic E-state index is 12.7. The SMILES string of the molecule is CCOC(=O)c1c(Cl)cc(CC)n(-c2ccccc2)c1=O. The highest BCUT2D eigenvalue weighted by molar-refractivity contribution is 6.33. The van der Waals surface area contributed by atoms with Crippen molar-refractivity contribution in [3.8, 4) is 5.69 Å². The fraction of sp³-hybridized carbons (Fsp3) is 0.250. The maximum atomic E-state index is 12.7. The number of carbonyl (C=O) groups is 1. The second kappa shape index (κ2) is 6.59. The second-order valence-corrected chi connectivity index (χ2v) is 4.82. The molecular formula is C16H16ClNO3. The summed E-state index contributed by atoms with van der Waals surface area (Å²) in [6.07, 6.45) is 0.618. The average molecular weight is 306 g/mol. The van der Waals surface area contributed by atoms with Crippen molar-refractivity contribution in [1.82, 2.24) is 4.57 Å². The molecule has 2 rings (SSSR count). The van der Waals surface area contributed by atoms with Crippen molar-refractivity contribution in [3.05, 3.63) is 63.0 Å². The van der Waals surface area contributed by atoms with Gasteiger partial charge in [0.2, 0.25) is 0 Å². The van der Waals surface area contributed by atoms with Gasteiger partial charge in [-0.05, 0) is 31.5 Å². The number of aromatic nitrogens is 1. The van der Waals surface area contributed by atoms with Gasteiger partial charge in [0, 0.05) is 11.4 Å². The molecule has 4 nitrogen and oxygen atoms in total. The lowest BCUT2D eigenvalue weighted by molar-refractivity contribution is 0.0524. The minimum atomic E-state index is -0.695. The Bertz CT molecular complexity index is 707. The normalized spacial score (nSPS) is 10.4. The number of esters is 1. The van der Waals surface area contributed by atoms with Gasteiger partial charge in [-0.3, -0.25) is 9.36 Å². The molecule has 0 fully saturated rings. The fourth-order valence-corrected chi connectivity index (χ4v) is 2.42. The number of benzene rings is 1. The van der Waals surface area contributed by atoms with Crippen molar-refractivity contribution < 1.29 is 9.53 Å². The molecule has 0 radical (unpaired) electrons. The summed E-state index contributed by atoms with van der Waals surface area (Å²) >= 11 is 6.09. The highest BCUT2D eigenvalue weighted by Gasteiger charge is 2.21. The van der Waals surface area contributed by atoms with Gasteiger partial charge in [-0.25, -0.2) is 4.79 Å². The number of nitrogens with zero attached hydrogens (tertiary/aromatic N) is 1. The van der Waals surface area contributed by atoms with Crippen LogP contribution in [-0.4, -0.2) is 17.1 Å². The molecule has 0 aliphatic heterocycles. The van der Waals surface area contributed by atoms with Crippen molar-refractivity contribution >= 4 is 17.6 Å². The molecule has 0 unspecified atom stereocenters. The summed E-state index contributed by atoms with van der Waals surface area (Å²) in [5.74, 6) is -0.695. The van der Waals surface area contributed by atoms with E-state index in [2.05, 4.69) is 0 Å². The van der Waals surface area contributed by atoms with Crippen LogP contribution in [0.5, 0.6) is 0 Å². The standard InChI is InChI=1S/C16H16ClNO3/c1-3-11-10-13(17)14(16(20)21-4-2)15(19)18(11)12-8-6-5-7-9-12/h5-10H,3-4H2,1-2H3. The van der Waals surface area contributed by atoms with Crippen LogP contribution in [0.2, 0.25) is 5.02 Å². The third-order valence-corrected chi connectivity index (χ3v) is 3.39. The molecule has 5 heteroatoms. The fourth-order valence-electron chi connectivity index (χ4n) is 2.14. The van der Waals surface area contributed by atoms with E-state index in [1.54, 1.807) is 13.0 Å². The summed E-state index contributed by atoms with van der Waals surface area (Å²) in [5, 5.41) is 0.127. The minimum Gasteiger partial charge on any atom is -0.462 e. The number of hydrogen-bond donors (Lipinski definition) is 0. The number of carbonyl (C=O) groups excluding carboxylic acids is 1. The number of rotatable bonds is 4. The van der Waals surface area contributed by atoms with Crippen LogP contribution in [0.1, 0.15) is 29.9 Å². The lowest BCUT2D eigenvalue weighted by atomic mass is 10.2. The topological polar surface area (TPSA) is 48.3 Å². The Morgan fingerprint density at radius 3 is 2.48 bits per heavy atom. The van der Waals surface area contributed by atoms with Gasteiger partial charge in [-0.2, -0.15) is 0 Å². The Kier molecular flexibility index (Phi) is 4.81. The second-order valence-electron chi connectivity index (χ2n) is 4.41. The summed E-state index contributed by atoms with van der Waals surface area (Å²) in [7, 11) is 0. The number of para-hydroxylation sites is 1. The molecule has 0 amide bonds. The first-order chi connectivity index (χ1) is 10.1. The number of aryl methyl sites for hydroxylation is 1. The van der Waals surface area contributed by atoms with Crippen LogP contribution in [0.25, 0.3) is 5.69 Å². The maximum Gasteiger partial charge on any atom is 0.345 e. The number of hydrogen-bond acceptors (Lipinski definition) is 3. The van der Waals surface area contributed by atoms with Crippen LogP contribution < -0.4 is 5.56 Å². The Hall–Kier alpha value is -2.07. The smallest absolute Gasteiger partial charge is 0.345 e. The molecular weight excluding hydrogens is 290 g/mol. The number of pyridine rings is 1. The molecule has 110 valence electrons. The molecule has 0 spiro atoms. The third kappa shape index (κ3) is 3.00. The molecule has 21 heavy (non-hydrogen) atoms. The average Bonchev–Trinajstić information content (AvgIpc) is 2.47. The van der Waals surface area contributed by atoms with Gasteiger partial charge in [-0.15, -0.1) is 0 Å². The molecule has 0 saturated carbocycles. The van der Waals surface area contributed by atoms with E-state index in [0.29, 0.717) is 12.1 Å². The molecule has 0 aliphatic rings. The number of ether oxygens (including phenoxy) is 1. The monoisotopic (exact) mass is 305 g/mol. The molecule has 1 heterocycles. The zero-order chi connectivity index (χ0) is 15.4. The molecule has 0 aliphatic carbocycles. The van der Waals surface area contributed by atoms with Gasteiger partial charge in [0.25, 0.3) is 5.56 Å². The van der Waals surface area contributed by atoms with Crippen LogP contribution in [-0.2, 0) is 11.2 Å². The number of halogens is 1. The Morgan fingerprint density at radius 1 is 1.24 bits per heavy atom. The van der Waals surface area contributed by atoms with Gasteiger partial charge in [0.1, 0.15) is 5.56 Å². The van der Waals surface area contributed by atoms with Gasteiger partial charge in [-0.1, -0.05) is 36.7 Å². The van der Waals surface area contributed by atoms with E-state index < -0.39 is 11.5 Å². The molecule has 0 N–H and O–H groups in total. The first kappa shape index (κ1) is 15.3. The zero-order valence-electron chi connectivity index (χ0n) is 11.9. The van der Waals surface area contributed by atoms with Crippen LogP contribution in [0.4, 0.5) is 0 Å². The minimum absolute atomic E-state index is 0.125. The van der Waals surface area contributed by atoms with E-state index in [4.69, 9.17) is 16.3 Å². The molecule has 1 aromatic carbocycles. The van der Waals surface area contributed by atoms with Crippen molar-refractivity contribution in [2.45, 2.75) is 20.3 Å². The summed E-state index contributed by atoms with van der Waals surface area (Å²) in [5.41, 5.74) is 0.856. The van der Waals surface area contributed by atoms with Gasteiger partial charge in [0.15, 0.2) is 0 Å². The highest BCUT2D eigenvalue weighted by Crippen LogP contribution is 2.19. The van der Waals surface area contributed by atoms with Crippen molar-refractivity contribution in [1.29, 1.82) is 0 Å². The predicted molar refractivity (Wildman–Crippen MR) is 82.4 cm³/mol. The van der Waals surface area contributed by atoms with E-state index in [9.17, 15) is 9.59 Å². The van der Waals surface area contributed by atoms with Crippen LogP contribution in [0.3, 0.4) is 0 Å². The zero-order valence-corrected chi connectivity index (χ0v) is 12.7. The van der Waals surface area contributed by atoms with Gasteiger partial charge < -0.3 is 4.74 Å². The third-order valence-electron chi connectivity index (χ3n) is 3.09. The molecule has 2 aromatic rings. The van der Waals surface area contributed by atoms with Crippen LogP contribution >= 0.6 is 11.6 Å². The highest BCUT2D eigenvalue weighted by atomic mass is 35.5. The molecule has 0 saturated heterocycles. The van der Waals surface area contributed by atoms with E-state index in [-0.39, 0.29) is 17.2 Å². The summed E-state index contributed by atoms with van der Waals surface area (Å²) in [6.45, 7) is 3.80. The summed E-state index contributed by atoms with van der Waals surface area (Å²) in [6, 6.07) is 10.8. The lowest BCUT2D eigenvalue weighted by Gasteiger charge is -2.14. The van der Waals surface area contributed by atoms with Crippen molar-refractivity contribution in [2.75, 3.05) is 6.61 Å². The largest absolute Gasteiger partial charge is 0.462 e. The van der Waals surface area contributed by atoms with Crippen LogP contribution in [0.15, 0.2) is 41.2 Å². The van der Waals surface area contributed by atoms with Crippen molar-refractivity contribution in [2.24, 2.45) is 0 Å². The van der Waals surface area contributed by atoms with Crippen LogP contribution in [0, 0.1) is 0 Å². The van der Waals surface area contributed by atoms with Gasteiger partial charge >= 0.3 is 5.97 Å². The first-order valence-electron chi connectivity index (χ1n) is 6.77. The first-order valence-corrected chi connectivity index (χ1v) is 7.14. The Morgan fingerprint density at radius 2 is 1.90 bits per heavy atom. The Labute approximate surface area is 127 Å². The molecule has 1 aromatic heterocycles. The lowest BCUT2D eigenvalue weighted by Crippen LogP contribution is -2.29. The quantitative estimate of drug-likeness (QED) is 0.815. The van der Waals surface area contributed by atoms with E-state index in [1.807, 2.05) is 37.3 Å². The van der Waals surface area contributed by atoms with E-state index in [1.165, 1.54) is 4.57 Å². The summed E-state index contributed by atoms with van der Waals surface area (Å²) < 4.78 is 6.42. The Balaban J connectivity index is 2.72. The molecule has 0 bridgehead atoms. The van der Waals surface area contributed by atoms with E-state index in [0.717, 1.165) is 5.69 Å². The predicted octanol–water partition coefficient (Wildman–Crippen LogP) is 3.23. The molecule has 0 atom stereocenters. The van der Waals surface area contributed by atoms with Crippen molar-refractivity contribution in [3.63, 3.8) is 0 Å². The van der Waals surface area contributed by atoms with E-state index >= 15 is 0 Å². The van der Waals surface area contributed by atoms with Gasteiger partial charge in [0.05, 0.1) is 11.6 Å². The summed E-state index contributed by atoms with van der Waals surface area (Å²) in [4.78, 5) is 24.6.